The molecule has 0 saturated carbocycles. The monoisotopic (exact) mass is 240 g/mol. The number of nitrogen functional groups attached to an aromatic ring is 1. The first-order valence-electron chi connectivity index (χ1n) is 5.81. The van der Waals surface area contributed by atoms with Crippen molar-refractivity contribution in [2.24, 2.45) is 5.92 Å². The molecule has 6 nitrogen and oxygen atoms in total. The summed E-state index contributed by atoms with van der Waals surface area (Å²) in [5, 5.41) is 18.2. The van der Waals surface area contributed by atoms with Crippen LogP contribution in [0, 0.1) is 5.92 Å². The van der Waals surface area contributed by atoms with Crippen LogP contribution in [-0.4, -0.2) is 34.4 Å². The normalized spacial score (nSPS) is 12.4. The van der Waals surface area contributed by atoms with Crippen LogP contribution in [0.4, 0.5) is 5.69 Å². The van der Waals surface area contributed by atoms with Gasteiger partial charge in [0.2, 0.25) is 0 Å². The maximum atomic E-state index is 11.7. The number of rotatable bonds is 6. The van der Waals surface area contributed by atoms with E-state index in [1.807, 2.05) is 13.8 Å². The largest absolute Gasteiger partial charge is 0.396 e. The van der Waals surface area contributed by atoms with Crippen molar-refractivity contribution in [1.29, 1.82) is 0 Å². The third-order valence-electron chi connectivity index (χ3n) is 2.52. The van der Waals surface area contributed by atoms with Crippen molar-refractivity contribution in [2.75, 3.05) is 18.9 Å². The minimum Gasteiger partial charge on any atom is -0.396 e. The second-order valence-electron chi connectivity index (χ2n) is 4.21. The maximum Gasteiger partial charge on any atom is 0.273 e. The molecule has 0 bridgehead atoms. The molecule has 0 radical (unpaired) electrons. The summed E-state index contributed by atoms with van der Waals surface area (Å²) in [4.78, 5) is 11.7. The van der Waals surface area contributed by atoms with E-state index in [0.717, 1.165) is 18.5 Å². The molecular weight excluding hydrogens is 220 g/mol. The van der Waals surface area contributed by atoms with E-state index in [1.54, 1.807) is 0 Å². The van der Waals surface area contributed by atoms with E-state index in [4.69, 9.17) is 10.8 Å². The highest BCUT2D eigenvalue weighted by Crippen LogP contribution is 2.15. The highest BCUT2D eigenvalue weighted by atomic mass is 16.3. The molecule has 0 fully saturated rings. The van der Waals surface area contributed by atoms with E-state index < -0.39 is 0 Å². The standard InChI is InChI=1S/C11H20N4O2/c1-3-4-8-9(12)10(15-14-8)11(17)13-5-7(2)6-16/h7,16H,3-6,12H2,1-2H3,(H,13,17)(H,14,15). The molecule has 17 heavy (non-hydrogen) atoms. The van der Waals surface area contributed by atoms with Gasteiger partial charge in [-0.2, -0.15) is 5.10 Å². The molecule has 0 aliphatic rings. The number of aromatic amines is 1. The Kier molecular flexibility index (Phi) is 4.96. The number of nitrogens with zero attached hydrogens (tertiary/aromatic N) is 1. The lowest BCUT2D eigenvalue weighted by Gasteiger charge is -2.08. The zero-order valence-electron chi connectivity index (χ0n) is 10.3. The van der Waals surface area contributed by atoms with Crippen molar-refractivity contribution in [2.45, 2.75) is 26.7 Å². The first-order chi connectivity index (χ1) is 8.10. The fraction of sp³-hybridized carbons (Fsp3) is 0.636. The quantitative estimate of drug-likeness (QED) is 0.574. The lowest BCUT2D eigenvalue weighted by Crippen LogP contribution is -2.30. The van der Waals surface area contributed by atoms with E-state index in [-0.39, 0.29) is 24.1 Å². The highest BCUT2D eigenvalue weighted by molar-refractivity contribution is 5.97. The molecule has 0 saturated heterocycles. The molecule has 6 heteroatoms. The second kappa shape index (κ2) is 6.24. The van der Waals surface area contributed by atoms with Crippen molar-refractivity contribution in [3.63, 3.8) is 0 Å². The first kappa shape index (κ1) is 13.5. The summed E-state index contributed by atoms with van der Waals surface area (Å²) in [6.45, 7) is 4.32. The average molecular weight is 240 g/mol. The Morgan fingerprint density at radius 1 is 1.65 bits per heavy atom. The van der Waals surface area contributed by atoms with Gasteiger partial charge in [-0.05, 0) is 12.3 Å². The van der Waals surface area contributed by atoms with Gasteiger partial charge in [-0.1, -0.05) is 20.3 Å². The van der Waals surface area contributed by atoms with Crippen LogP contribution in [0.5, 0.6) is 0 Å². The number of carbonyl (C=O) groups excluding carboxylic acids is 1. The van der Waals surface area contributed by atoms with Crippen LogP contribution in [0.2, 0.25) is 0 Å². The van der Waals surface area contributed by atoms with Gasteiger partial charge < -0.3 is 16.2 Å². The number of aryl methyl sites for hydroxylation is 1. The van der Waals surface area contributed by atoms with Crippen LogP contribution >= 0.6 is 0 Å². The van der Waals surface area contributed by atoms with Crippen molar-refractivity contribution < 1.29 is 9.90 Å². The van der Waals surface area contributed by atoms with Gasteiger partial charge in [0.05, 0.1) is 11.4 Å². The smallest absolute Gasteiger partial charge is 0.273 e. The molecule has 1 heterocycles. The maximum absolute atomic E-state index is 11.7. The van der Waals surface area contributed by atoms with Crippen LogP contribution in [0.15, 0.2) is 0 Å². The van der Waals surface area contributed by atoms with Crippen LogP contribution in [-0.2, 0) is 6.42 Å². The highest BCUT2D eigenvalue weighted by Gasteiger charge is 2.16. The van der Waals surface area contributed by atoms with Gasteiger partial charge in [-0.15, -0.1) is 0 Å². The Bertz CT molecular complexity index is 376. The Hall–Kier alpha value is -1.56. The number of hydrogen-bond donors (Lipinski definition) is 4. The molecule has 1 unspecified atom stereocenters. The molecule has 1 aromatic rings. The number of nitrogens with one attached hydrogen (secondary N) is 2. The predicted molar refractivity (Wildman–Crippen MR) is 65.6 cm³/mol. The van der Waals surface area contributed by atoms with Crippen molar-refractivity contribution >= 4 is 11.6 Å². The number of amides is 1. The molecule has 0 aromatic carbocycles. The number of anilines is 1. The Morgan fingerprint density at radius 3 is 2.94 bits per heavy atom. The van der Waals surface area contributed by atoms with Gasteiger partial charge in [0.1, 0.15) is 0 Å². The molecule has 1 rings (SSSR count). The summed E-state index contributed by atoms with van der Waals surface area (Å²) in [5.41, 5.74) is 7.28. The molecule has 0 aliphatic heterocycles. The van der Waals surface area contributed by atoms with Crippen molar-refractivity contribution in [1.82, 2.24) is 15.5 Å². The molecule has 96 valence electrons. The summed E-state index contributed by atoms with van der Waals surface area (Å²) in [6, 6.07) is 0. The Labute approximate surface area is 101 Å². The van der Waals surface area contributed by atoms with Gasteiger partial charge in [-0.25, -0.2) is 0 Å². The number of aromatic nitrogens is 2. The molecule has 0 aliphatic carbocycles. The fourth-order valence-electron chi connectivity index (χ4n) is 1.42. The zero-order chi connectivity index (χ0) is 12.8. The molecule has 0 spiro atoms. The number of carbonyl (C=O) groups is 1. The van der Waals surface area contributed by atoms with Gasteiger partial charge >= 0.3 is 0 Å². The fourth-order valence-corrected chi connectivity index (χ4v) is 1.42. The Balaban J connectivity index is 2.63. The summed E-state index contributed by atoms with van der Waals surface area (Å²) < 4.78 is 0. The average Bonchev–Trinajstić information content (AvgIpc) is 2.68. The van der Waals surface area contributed by atoms with Crippen LogP contribution < -0.4 is 11.1 Å². The lowest BCUT2D eigenvalue weighted by molar-refractivity contribution is 0.0938. The number of nitrogens with two attached hydrogens (primary N) is 1. The van der Waals surface area contributed by atoms with E-state index in [9.17, 15) is 4.79 Å². The number of hydrogen-bond acceptors (Lipinski definition) is 4. The number of aliphatic hydroxyl groups is 1. The van der Waals surface area contributed by atoms with Crippen molar-refractivity contribution in [3.8, 4) is 0 Å². The lowest BCUT2D eigenvalue weighted by atomic mass is 10.2. The van der Waals surface area contributed by atoms with Crippen LogP contribution in [0.1, 0.15) is 36.5 Å². The SMILES string of the molecule is CCCc1[nH]nc(C(=O)NCC(C)CO)c1N. The van der Waals surface area contributed by atoms with E-state index in [0.29, 0.717) is 12.2 Å². The Morgan fingerprint density at radius 2 is 2.35 bits per heavy atom. The van der Waals surface area contributed by atoms with E-state index in [2.05, 4.69) is 15.5 Å². The topological polar surface area (TPSA) is 104 Å². The van der Waals surface area contributed by atoms with E-state index >= 15 is 0 Å². The van der Waals surface area contributed by atoms with Gasteiger partial charge in [0.15, 0.2) is 5.69 Å². The van der Waals surface area contributed by atoms with Crippen molar-refractivity contribution in [3.05, 3.63) is 11.4 Å². The molecule has 1 atom stereocenters. The third-order valence-corrected chi connectivity index (χ3v) is 2.52. The number of H-pyrrole nitrogens is 1. The molecular formula is C11H20N4O2. The van der Waals surface area contributed by atoms with Crippen LogP contribution in [0.25, 0.3) is 0 Å². The van der Waals surface area contributed by atoms with Gasteiger partial charge in [0.25, 0.3) is 5.91 Å². The van der Waals surface area contributed by atoms with Crippen LogP contribution in [0.3, 0.4) is 0 Å². The first-order valence-corrected chi connectivity index (χ1v) is 5.81. The minimum atomic E-state index is -0.304. The summed E-state index contributed by atoms with van der Waals surface area (Å²) >= 11 is 0. The molecule has 1 aromatic heterocycles. The molecule has 1 amide bonds. The molecule has 5 N–H and O–H groups in total. The summed E-state index contributed by atoms with van der Waals surface area (Å²) in [7, 11) is 0. The summed E-state index contributed by atoms with van der Waals surface area (Å²) in [6.07, 6.45) is 1.72. The minimum absolute atomic E-state index is 0.0224. The van der Waals surface area contributed by atoms with Gasteiger partial charge in [0, 0.05) is 13.2 Å². The van der Waals surface area contributed by atoms with Gasteiger partial charge in [-0.3, -0.25) is 9.89 Å². The second-order valence-corrected chi connectivity index (χ2v) is 4.21. The predicted octanol–water partition coefficient (Wildman–Crippen LogP) is 0.303. The third kappa shape index (κ3) is 3.45. The van der Waals surface area contributed by atoms with E-state index in [1.165, 1.54) is 0 Å². The zero-order valence-corrected chi connectivity index (χ0v) is 10.3. The summed E-state index contributed by atoms with van der Waals surface area (Å²) in [5.74, 6) is -0.282. The number of aliphatic hydroxyl groups excluding tert-OH is 1.